The topological polar surface area (TPSA) is 105 Å². The van der Waals surface area contributed by atoms with E-state index in [4.69, 9.17) is 48.3 Å². The van der Waals surface area contributed by atoms with Crippen molar-refractivity contribution in [2.75, 3.05) is 33.7 Å². The minimum atomic E-state index is -0.0378. The van der Waals surface area contributed by atoms with Crippen molar-refractivity contribution in [1.82, 2.24) is 14.5 Å². The number of aromatic nitrogens is 3. The van der Waals surface area contributed by atoms with Crippen molar-refractivity contribution in [2.45, 2.75) is 13.0 Å². The molecular weight excluding hydrogens is 431 g/mol. The Bertz CT molecular complexity index is 1150. The van der Waals surface area contributed by atoms with E-state index in [0.29, 0.717) is 57.4 Å². The van der Waals surface area contributed by atoms with Crippen molar-refractivity contribution >= 4 is 40.2 Å². The van der Waals surface area contributed by atoms with Crippen LogP contribution in [-0.4, -0.2) is 47.6 Å². The third-order valence-electron chi connectivity index (χ3n) is 4.33. The summed E-state index contributed by atoms with van der Waals surface area (Å²) >= 11 is 12.9. The minimum Gasteiger partial charge on any atom is -0.493 e. The molecule has 0 bridgehead atoms. The number of hydrogen-bond acceptors (Lipinski definition) is 7. The fraction of sp³-hybridized carbons (Fsp3) is 0.300. The molecule has 0 unspecified atom stereocenters. The SMILES string of the molecule is COc1cc(Cn2cc(C#CCCO)c3c(Cl)nc(N)nc32)c(Cl)c(OC)c1OC. The Balaban J connectivity index is 2.18. The van der Waals surface area contributed by atoms with Gasteiger partial charge in [0.05, 0.1) is 50.5 Å². The van der Waals surface area contributed by atoms with Gasteiger partial charge < -0.3 is 29.6 Å². The predicted molar refractivity (Wildman–Crippen MR) is 116 cm³/mol. The number of anilines is 1. The molecule has 0 aliphatic rings. The standard InChI is InChI=1S/C20H20Cl2N4O4/c1-28-13-8-12(15(21)17(30-3)16(13)29-2)10-26-9-11(6-4-5-7-27)14-18(22)24-20(23)25-19(14)26/h8-9,27H,5,7,10H2,1-3H3,(H2,23,24,25). The van der Waals surface area contributed by atoms with Crippen LogP contribution >= 0.6 is 23.2 Å². The van der Waals surface area contributed by atoms with Gasteiger partial charge in [-0.25, -0.2) is 4.98 Å². The molecule has 8 nitrogen and oxygen atoms in total. The molecule has 3 rings (SSSR count). The summed E-state index contributed by atoms with van der Waals surface area (Å²) in [5.41, 5.74) is 7.63. The van der Waals surface area contributed by atoms with E-state index in [0.717, 1.165) is 0 Å². The van der Waals surface area contributed by atoms with E-state index < -0.39 is 0 Å². The highest BCUT2D eigenvalue weighted by atomic mass is 35.5. The molecule has 0 atom stereocenters. The van der Waals surface area contributed by atoms with Crippen molar-refractivity contribution in [1.29, 1.82) is 0 Å². The Hall–Kier alpha value is -2.86. The molecule has 0 saturated carbocycles. The molecule has 0 aliphatic heterocycles. The lowest BCUT2D eigenvalue weighted by Gasteiger charge is -2.17. The van der Waals surface area contributed by atoms with Gasteiger partial charge in [-0.2, -0.15) is 4.98 Å². The molecule has 3 N–H and O–H groups in total. The van der Waals surface area contributed by atoms with Gasteiger partial charge in [0.2, 0.25) is 11.7 Å². The highest BCUT2D eigenvalue weighted by Gasteiger charge is 2.21. The maximum Gasteiger partial charge on any atom is 0.223 e. The maximum absolute atomic E-state index is 9.00. The van der Waals surface area contributed by atoms with Crippen LogP contribution in [-0.2, 0) is 6.54 Å². The van der Waals surface area contributed by atoms with Gasteiger partial charge >= 0.3 is 0 Å². The lowest BCUT2D eigenvalue weighted by molar-refractivity contribution is 0.305. The fourth-order valence-electron chi connectivity index (χ4n) is 3.06. The molecule has 158 valence electrons. The molecule has 0 radical (unpaired) electrons. The van der Waals surface area contributed by atoms with E-state index in [9.17, 15) is 0 Å². The zero-order valence-electron chi connectivity index (χ0n) is 16.6. The summed E-state index contributed by atoms with van der Waals surface area (Å²) < 4.78 is 18.0. The summed E-state index contributed by atoms with van der Waals surface area (Å²) in [6, 6.07) is 1.76. The van der Waals surface area contributed by atoms with Crippen LogP contribution in [0.5, 0.6) is 17.2 Å². The van der Waals surface area contributed by atoms with Crippen LogP contribution in [0.2, 0.25) is 10.2 Å². The first-order valence-electron chi connectivity index (χ1n) is 8.84. The molecule has 0 saturated heterocycles. The lowest BCUT2D eigenvalue weighted by atomic mass is 10.1. The highest BCUT2D eigenvalue weighted by Crippen LogP contribution is 2.45. The monoisotopic (exact) mass is 450 g/mol. The number of nitrogens with zero attached hydrogens (tertiary/aromatic N) is 3. The Morgan fingerprint density at radius 3 is 2.50 bits per heavy atom. The van der Waals surface area contributed by atoms with Gasteiger partial charge in [-0.1, -0.05) is 35.0 Å². The number of aliphatic hydroxyl groups is 1. The number of aliphatic hydroxyl groups excluding tert-OH is 1. The molecule has 10 heteroatoms. The lowest BCUT2D eigenvalue weighted by Crippen LogP contribution is -2.05. The summed E-state index contributed by atoms with van der Waals surface area (Å²) in [5, 5.41) is 10.1. The van der Waals surface area contributed by atoms with E-state index in [1.807, 2.05) is 4.57 Å². The fourth-order valence-corrected chi connectivity index (χ4v) is 3.61. The highest BCUT2D eigenvalue weighted by molar-refractivity contribution is 6.34. The second-order valence-electron chi connectivity index (χ2n) is 6.14. The minimum absolute atomic E-state index is 0.0378. The van der Waals surface area contributed by atoms with Gasteiger partial charge in [-0.05, 0) is 11.6 Å². The average Bonchev–Trinajstić information content (AvgIpc) is 3.06. The molecule has 0 aliphatic carbocycles. The first-order chi connectivity index (χ1) is 14.4. The van der Waals surface area contributed by atoms with E-state index in [2.05, 4.69) is 21.8 Å². The number of hydrogen-bond donors (Lipinski definition) is 2. The van der Waals surface area contributed by atoms with E-state index in [-0.39, 0.29) is 17.7 Å². The third-order valence-corrected chi connectivity index (χ3v) is 5.02. The summed E-state index contributed by atoms with van der Waals surface area (Å²) in [6.45, 7) is 0.268. The van der Waals surface area contributed by atoms with E-state index >= 15 is 0 Å². The molecule has 1 aromatic carbocycles. The second kappa shape index (κ2) is 9.30. The zero-order chi connectivity index (χ0) is 21.8. The summed E-state index contributed by atoms with van der Waals surface area (Å²) in [7, 11) is 4.54. The van der Waals surface area contributed by atoms with E-state index in [1.165, 1.54) is 21.3 Å². The quantitative estimate of drug-likeness (QED) is 0.438. The Kier molecular flexibility index (Phi) is 6.77. The number of benzene rings is 1. The van der Waals surface area contributed by atoms with Crippen LogP contribution in [0.25, 0.3) is 11.0 Å². The average molecular weight is 451 g/mol. The number of ether oxygens (including phenoxy) is 3. The van der Waals surface area contributed by atoms with Crippen molar-refractivity contribution in [3.8, 4) is 29.1 Å². The zero-order valence-corrected chi connectivity index (χ0v) is 18.1. The number of fused-ring (bicyclic) bond motifs is 1. The largest absolute Gasteiger partial charge is 0.493 e. The van der Waals surface area contributed by atoms with Gasteiger partial charge in [0.15, 0.2) is 11.5 Å². The number of methoxy groups -OCH3 is 3. The first-order valence-corrected chi connectivity index (χ1v) is 9.59. The second-order valence-corrected chi connectivity index (χ2v) is 6.87. The number of halogens is 2. The van der Waals surface area contributed by atoms with Crippen molar-refractivity contribution in [2.24, 2.45) is 0 Å². The van der Waals surface area contributed by atoms with Gasteiger partial charge in [0.1, 0.15) is 10.8 Å². The van der Waals surface area contributed by atoms with Gasteiger partial charge in [0, 0.05) is 12.6 Å². The van der Waals surface area contributed by atoms with Crippen LogP contribution in [0.3, 0.4) is 0 Å². The summed E-state index contributed by atoms with van der Waals surface area (Å²) in [5.74, 6) is 7.15. The van der Waals surface area contributed by atoms with Gasteiger partial charge in [0.25, 0.3) is 0 Å². The molecule has 0 fully saturated rings. The maximum atomic E-state index is 9.00. The molecule has 2 heterocycles. The predicted octanol–water partition coefficient (Wildman–Crippen LogP) is 3.13. The molecule has 30 heavy (non-hydrogen) atoms. The van der Waals surface area contributed by atoms with Gasteiger partial charge in [-0.3, -0.25) is 0 Å². The van der Waals surface area contributed by atoms with Crippen molar-refractivity contribution in [3.63, 3.8) is 0 Å². The summed E-state index contributed by atoms with van der Waals surface area (Å²) in [6.07, 6.45) is 2.12. The molecule has 2 aromatic heterocycles. The molecule has 0 amide bonds. The van der Waals surface area contributed by atoms with Crippen molar-refractivity contribution in [3.05, 3.63) is 33.6 Å². The molecule has 3 aromatic rings. The Morgan fingerprint density at radius 1 is 1.13 bits per heavy atom. The van der Waals surface area contributed by atoms with E-state index in [1.54, 1.807) is 12.3 Å². The normalized spacial score (nSPS) is 10.6. The van der Waals surface area contributed by atoms with Crippen LogP contribution in [0, 0.1) is 11.8 Å². The smallest absolute Gasteiger partial charge is 0.223 e. The number of rotatable bonds is 6. The molecular formula is C20H20Cl2N4O4. The van der Waals surface area contributed by atoms with Crippen LogP contribution < -0.4 is 19.9 Å². The Morgan fingerprint density at radius 2 is 1.87 bits per heavy atom. The molecule has 0 spiro atoms. The Labute approximate surface area is 183 Å². The number of nitrogen functional groups attached to an aromatic ring is 1. The van der Waals surface area contributed by atoms with Gasteiger partial charge in [-0.15, -0.1) is 0 Å². The van der Waals surface area contributed by atoms with Crippen LogP contribution in [0.1, 0.15) is 17.5 Å². The van der Waals surface area contributed by atoms with Crippen LogP contribution in [0.15, 0.2) is 12.3 Å². The summed E-state index contributed by atoms with van der Waals surface area (Å²) in [4.78, 5) is 8.35. The van der Waals surface area contributed by atoms with Crippen molar-refractivity contribution < 1.29 is 19.3 Å². The number of nitrogens with two attached hydrogens (primary N) is 1. The first kappa shape index (κ1) is 21.8. The van der Waals surface area contributed by atoms with Crippen LogP contribution in [0.4, 0.5) is 5.95 Å². The third kappa shape index (κ3) is 4.05.